The quantitative estimate of drug-likeness (QED) is 0.238. The molecule has 3 fully saturated rings. The molecule has 0 aromatic heterocycles. The first-order valence-corrected chi connectivity index (χ1v) is 19.1. The van der Waals surface area contributed by atoms with Crippen molar-refractivity contribution < 1.29 is 58.7 Å². The largest absolute Gasteiger partial charge is 0.459 e. The molecule has 3 rings (SSSR count). The maximum atomic E-state index is 14.2. The minimum atomic E-state index is -1.80. The number of nitrogens with zero attached hydrogens (tertiary/aromatic N) is 2. The molecule has 3 saturated heterocycles. The molecule has 5 N–H and O–H groups in total. The van der Waals surface area contributed by atoms with Crippen LogP contribution < -0.4 is 0 Å². The lowest BCUT2D eigenvalue weighted by Gasteiger charge is -2.48. The molecule has 0 saturated carbocycles. The number of likely N-dealkylation sites (N-methyl/N-ethyl adjacent to an activating group) is 2. The summed E-state index contributed by atoms with van der Waals surface area (Å²) in [6.45, 7) is 18.0. The fraction of sp³-hybridized carbons (Fsp3) is 0.974. The molecule has 306 valence electrons. The van der Waals surface area contributed by atoms with E-state index in [9.17, 15) is 30.3 Å². The van der Waals surface area contributed by atoms with Crippen LogP contribution >= 0.6 is 0 Å². The molecule has 3 heterocycles. The summed E-state index contributed by atoms with van der Waals surface area (Å²) in [7, 11) is 7.12. The van der Waals surface area contributed by atoms with Gasteiger partial charge in [-0.2, -0.15) is 0 Å². The van der Waals surface area contributed by atoms with Crippen LogP contribution in [0.5, 0.6) is 0 Å². The lowest BCUT2D eigenvalue weighted by atomic mass is 9.77. The number of methoxy groups -OCH3 is 1. The number of rotatable bonds is 7. The van der Waals surface area contributed by atoms with Crippen LogP contribution in [0.1, 0.15) is 94.9 Å². The molecule has 3 aliphatic rings. The van der Waals surface area contributed by atoms with Crippen molar-refractivity contribution in [3.05, 3.63) is 0 Å². The smallest absolute Gasteiger partial charge is 0.311 e. The second-order valence-corrected chi connectivity index (χ2v) is 17.2. The summed E-state index contributed by atoms with van der Waals surface area (Å²) < 4.78 is 37.5. The van der Waals surface area contributed by atoms with E-state index in [1.807, 2.05) is 51.7 Å². The Kier molecular flexibility index (Phi) is 15.6. The molecule has 52 heavy (non-hydrogen) atoms. The van der Waals surface area contributed by atoms with Crippen molar-refractivity contribution in [1.82, 2.24) is 9.80 Å². The Labute approximate surface area is 312 Å². The first-order chi connectivity index (χ1) is 23.9. The zero-order valence-electron chi connectivity index (χ0n) is 34.2. The van der Waals surface area contributed by atoms with Gasteiger partial charge in [0.2, 0.25) is 0 Å². The number of hydrogen-bond donors (Lipinski definition) is 5. The Morgan fingerprint density at radius 3 is 2.12 bits per heavy atom. The highest BCUT2D eigenvalue weighted by atomic mass is 16.7. The normalized spacial score (nSPS) is 49.6. The van der Waals surface area contributed by atoms with Crippen molar-refractivity contribution in [3.8, 4) is 0 Å². The molecule has 0 aliphatic carbocycles. The van der Waals surface area contributed by atoms with Crippen molar-refractivity contribution in [2.75, 3.05) is 34.8 Å². The minimum Gasteiger partial charge on any atom is -0.459 e. The molecule has 0 unspecified atom stereocenters. The first kappa shape index (κ1) is 45.4. The van der Waals surface area contributed by atoms with Gasteiger partial charge in [0.25, 0.3) is 0 Å². The molecule has 0 spiro atoms. The maximum absolute atomic E-state index is 14.2. The van der Waals surface area contributed by atoms with Crippen LogP contribution in [0.3, 0.4) is 0 Å². The Bertz CT molecular complexity index is 1140. The van der Waals surface area contributed by atoms with Gasteiger partial charge in [-0.15, -0.1) is 0 Å². The zero-order chi connectivity index (χ0) is 39.7. The van der Waals surface area contributed by atoms with Crippen LogP contribution in [0.15, 0.2) is 0 Å². The van der Waals surface area contributed by atoms with Crippen LogP contribution in [-0.4, -0.2) is 166 Å². The van der Waals surface area contributed by atoms with Gasteiger partial charge >= 0.3 is 5.97 Å². The second kappa shape index (κ2) is 17.8. The Morgan fingerprint density at radius 1 is 0.942 bits per heavy atom. The van der Waals surface area contributed by atoms with Gasteiger partial charge in [-0.05, 0) is 94.8 Å². The van der Waals surface area contributed by atoms with Crippen molar-refractivity contribution in [2.45, 2.75) is 185 Å². The molecular weight excluding hydrogens is 676 g/mol. The predicted octanol–water partition coefficient (Wildman–Crippen LogP) is 1.90. The van der Waals surface area contributed by atoms with E-state index in [1.165, 1.54) is 14.0 Å². The highest BCUT2D eigenvalue weighted by molar-refractivity contribution is 5.73. The molecule has 0 aromatic carbocycles. The number of carbonyl (C=O) groups is 1. The third-order valence-electron chi connectivity index (χ3n) is 12.2. The molecule has 0 bridgehead atoms. The standard InChI is InChI=1S/C38H72N2O12/c1-15-27-38(10,46)31(42)24(6)40(13)19-20(2)17-36(8,45)33(52-35-29(41)26(39(11)12)16-21(3)48-35)22(4)30(23(5)34(44)50-27)51-28-18-37(9,47-14)32(43)25(7)49-28/h20-33,35,41-43,45-46H,15-19H2,1-14H3/t20-,21-,22-,23-,24-,25+,26+,27-,28+,29-,30+,31-,32+,33-,35+,36-,37-,38-/m1/s1. The van der Waals surface area contributed by atoms with Crippen molar-refractivity contribution in [3.63, 3.8) is 0 Å². The molecule has 0 radical (unpaired) electrons. The van der Waals surface area contributed by atoms with Gasteiger partial charge in [-0.3, -0.25) is 4.79 Å². The van der Waals surface area contributed by atoms with Crippen molar-refractivity contribution >= 4 is 5.97 Å². The second-order valence-electron chi connectivity index (χ2n) is 17.2. The molecule has 18 atom stereocenters. The highest BCUT2D eigenvalue weighted by Crippen LogP contribution is 2.40. The number of aliphatic hydroxyl groups is 5. The van der Waals surface area contributed by atoms with Gasteiger partial charge in [-0.1, -0.05) is 20.8 Å². The van der Waals surface area contributed by atoms with Crippen LogP contribution in [0.4, 0.5) is 0 Å². The number of ether oxygens (including phenoxy) is 6. The average Bonchev–Trinajstić information content (AvgIpc) is 3.05. The van der Waals surface area contributed by atoms with Gasteiger partial charge < -0.3 is 63.8 Å². The van der Waals surface area contributed by atoms with Crippen molar-refractivity contribution in [1.29, 1.82) is 0 Å². The van der Waals surface area contributed by atoms with E-state index < -0.39 is 96.0 Å². The first-order valence-electron chi connectivity index (χ1n) is 19.1. The topological polar surface area (TPSA) is 180 Å². The zero-order valence-corrected chi connectivity index (χ0v) is 34.2. The molecule has 14 nitrogen and oxygen atoms in total. The van der Waals surface area contributed by atoms with Gasteiger partial charge in [-0.25, -0.2) is 0 Å². The van der Waals surface area contributed by atoms with Crippen molar-refractivity contribution in [2.24, 2.45) is 17.8 Å². The molecule has 0 amide bonds. The van der Waals surface area contributed by atoms with E-state index in [2.05, 4.69) is 0 Å². The van der Waals surface area contributed by atoms with E-state index in [0.717, 1.165) is 0 Å². The summed E-state index contributed by atoms with van der Waals surface area (Å²) in [6.07, 6.45) is -8.19. The Hall–Kier alpha value is -1.01. The van der Waals surface area contributed by atoms with E-state index >= 15 is 0 Å². The van der Waals surface area contributed by atoms with Gasteiger partial charge in [0.1, 0.15) is 30.0 Å². The fourth-order valence-corrected chi connectivity index (χ4v) is 8.74. The summed E-state index contributed by atoms with van der Waals surface area (Å²) in [5, 5.41) is 58.1. The van der Waals surface area contributed by atoms with Crippen LogP contribution in [0.2, 0.25) is 0 Å². The van der Waals surface area contributed by atoms with Gasteiger partial charge in [0.15, 0.2) is 12.6 Å². The number of carbonyl (C=O) groups excluding carboxylic acids is 1. The lowest BCUT2D eigenvalue weighted by molar-refractivity contribution is -0.318. The summed E-state index contributed by atoms with van der Waals surface area (Å²) >= 11 is 0. The SMILES string of the molecule is CC[C@H]1OC(=O)[C@H](C)[C@@H](O[C@H]2C[C@@](C)(OC)[C@@H](O)[C@H](C)O2)[C@@H](C)[C@@H](O[C@@H]2O[C@H](C)C[C@H](N(C)C)[C@H]2O)[C@](C)(O)C[C@@H](C)CN(C)[C@H](C)[C@@H](O)[C@]1(C)O. The van der Waals surface area contributed by atoms with E-state index in [0.29, 0.717) is 13.0 Å². The summed E-state index contributed by atoms with van der Waals surface area (Å²) in [5.41, 5.74) is -4.37. The number of cyclic esters (lactones) is 1. The van der Waals surface area contributed by atoms with E-state index in [4.69, 9.17) is 28.4 Å². The third-order valence-corrected chi connectivity index (χ3v) is 12.2. The molecule has 3 aliphatic heterocycles. The van der Waals surface area contributed by atoms with E-state index in [1.54, 1.807) is 41.5 Å². The van der Waals surface area contributed by atoms with Crippen LogP contribution in [0, 0.1) is 17.8 Å². The molecule has 0 aromatic rings. The van der Waals surface area contributed by atoms with E-state index in [-0.39, 0.29) is 37.3 Å². The summed E-state index contributed by atoms with van der Waals surface area (Å²) in [5.74, 6) is -2.58. The van der Waals surface area contributed by atoms with Gasteiger partial charge in [0, 0.05) is 38.1 Å². The minimum absolute atomic E-state index is 0.133. The molecule has 14 heteroatoms. The highest BCUT2D eigenvalue weighted by Gasteiger charge is 2.52. The Morgan fingerprint density at radius 2 is 1.56 bits per heavy atom. The lowest BCUT2D eigenvalue weighted by Crippen LogP contribution is -2.60. The van der Waals surface area contributed by atoms with Crippen LogP contribution in [-0.2, 0) is 33.2 Å². The monoisotopic (exact) mass is 749 g/mol. The number of aliphatic hydroxyl groups excluding tert-OH is 3. The summed E-state index contributed by atoms with van der Waals surface area (Å²) in [6, 6.07) is -0.808. The number of hydrogen-bond acceptors (Lipinski definition) is 14. The summed E-state index contributed by atoms with van der Waals surface area (Å²) in [4.78, 5) is 18.0. The fourth-order valence-electron chi connectivity index (χ4n) is 8.74. The van der Waals surface area contributed by atoms with Gasteiger partial charge in [0.05, 0.1) is 41.5 Å². The third kappa shape index (κ3) is 10.0. The van der Waals surface area contributed by atoms with Crippen LogP contribution in [0.25, 0.3) is 0 Å². The Balaban J connectivity index is 2.17. The number of esters is 1. The maximum Gasteiger partial charge on any atom is 0.311 e. The predicted molar refractivity (Wildman–Crippen MR) is 194 cm³/mol. The average molecular weight is 749 g/mol. The molecular formula is C38H72N2O12.